The predicted molar refractivity (Wildman–Crippen MR) is 80.9 cm³/mol. The average molecular weight is 325 g/mol. The molecule has 1 aliphatic heterocycles. The van der Waals surface area contributed by atoms with Gasteiger partial charge in [0.1, 0.15) is 0 Å². The highest BCUT2D eigenvalue weighted by Gasteiger charge is 2.48. The van der Waals surface area contributed by atoms with Gasteiger partial charge < -0.3 is 4.90 Å². The molecule has 0 aliphatic carbocycles. The molecule has 6 nitrogen and oxygen atoms in total. The first-order chi connectivity index (χ1) is 10.2. The Balaban J connectivity index is 2.41. The SMILES string of the molecule is CC(OS(C)(=O)=O)(C(=O)c1ccccc1)C(=O)N1CCCC1. The lowest BCUT2D eigenvalue weighted by atomic mass is 9.93. The van der Waals surface area contributed by atoms with Gasteiger partial charge in [0.2, 0.25) is 11.4 Å². The fourth-order valence-electron chi connectivity index (χ4n) is 2.56. The molecule has 0 spiro atoms. The van der Waals surface area contributed by atoms with E-state index in [0.29, 0.717) is 13.1 Å². The van der Waals surface area contributed by atoms with Crippen molar-refractivity contribution in [3.63, 3.8) is 0 Å². The average Bonchev–Trinajstić information content (AvgIpc) is 2.98. The Morgan fingerprint density at radius 1 is 1.14 bits per heavy atom. The quantitative estimate of drug-likeness (QED) is 0.462. The topological polar surface area (TPSA) is 80.8 Å². The fraction of sp³-hybridized carbons (Fsp3) is 0.467. The highest BCUT2D eigenvalue weighted by atomic mass is 32.2. The van der Waals surface area contributed by atoms with E-state index < -0.39 is 27.4 Å². The molecule has 1 aromatic carbocycles. The van der Waals surface area contributed by atoms with Gasteiger partial charge in [-0.1, -0.05) is 30.3 Å². The Hall–Kier alpha value is -1.73. The minimum Gasteiger partial charge on any atom is -0.340 e. The summed E-state index contributed by atoms with van der Waals surface area (Å²) in [4.78, 5) is 26.9. The maximum Gasteiger partial charge on any atom is 0.265 e. The van der Waals surface area contributed by atoms with Crippen LogP contribution in [0.25, 0.3) is 0 Å². The third kappa shape index (κ3) is 3.53. The second kappa shape index (κ2) is 6.18. The molecule has 0 radical (unpaired) electrons. The van der Waals surface area contributed by atoms with Gasteiger partial charge in [0.05, 0.1) is 6.26 Å². The molecule has 120 valence electrons. The zero-order valence-electron chi connectivity index (χ0n) is 12.6. The van der Waals surface area contributed by atoms with Gasteiger partial charge >= 0.3 is 0 Å². The van der Waals surface area contributed by atoms with E-state index in [9.17, 15) is 18.0 Å². The number of rotatable bonds is 5. The van der Waals surface area contributed by atoms with Crippen molar-refractivity contribution in [3.05, 3.63) is 35.9 Å². The molecule has 1 unspecified atom stereocenters. The van der Waals surface area contributed by atoms with E-state index in [1.807, 2.05) is 0 Å². The van der Waals surface area contributed by atoms with Gasteiger partial charge in [-0.3, -0.25) is 9.59 Å². The van der Waals surface area contributed by atoms with E-state index in [0.717, 1.165) is 19.1 Å². The number of Topliss-reactive ketones (excluding diaryl/α,β-unsaturated/α-hetero) is 1. The van der Waals surface area contributed by atoms with E-state index in [1.54, 1.807) is 18.2 Å². The number of hydrogen-bond donors (Lipinski definition) is 0. The van der Waals surface area contributed by atoms with Crippen LogP contribution >= 0.6 is 0 Å². The summed E-state index contributed by atoms with van der Waals surface area (Å²) in [6, 6.07) is 8.09. The van der Waals surface area contributed by atoms with Crippen molar-refractivity contribution in [2.24, 2.45) is 0 Å². The number of amides is 1. The molecule has 0 saturated carbocycles. The van der Waals surface area contributed by atoms with E-state index in [-0.39, 0.29) is 5.56 Å². The van der Waals surface area contributed by atoms with Crippen LogP contribution in [-0.2, 0) is 19.1 Å². The van der Waals surface area contributed by atoms with Gasteiger partial charge in [-0.2, -0.15) is 8.42 Å². The Labute approximate surface area is 130 Å². The second-order valence-electron chi connectivity index (χ2n) is 5.52. The van der Waals surface area contributed by atoms with Crippen LogP contribution in [0.5, 0.6) is 0 Å². The summed E-state index contributed by atoms with van der Waals surface area (Å²) in [6.45, 7) is 2.23. The van der Waals surface area contributed by atoms with E-state index in [4.69, 9.17) is 4.18 Å². The normalized spacial score (nSPS) is 18.0. The number of ketones is 1. The molecule has 1 atom stereocenters. The summed E-state index contributed by atoms with van der Waals surface area (Å²) in [5.74, 6) is -1.26. The van der Waals surface area contributed by atoms with Crippen LogP contribution in [0.2, 0.25) is 0 Å². The monoisotopic (exact) mass is 325 g/mol. The largest absolute Gasteiger partial charge is 0.340 e. The van der Waals surface area contributed by atoms with Crippen molar-refractivity contribution in [2.45, 2.75) is 25.4 Å². The summed E-state index contributed by atoms with van der Waals surface area (Å²) in [7, 11) is -3.98. The molecule has 1 saturated heterocycles. The third-order valence-corrected chi connectivity index (χ3v) is 4.22. The standard InChI is InChI=1S/C15H19NO5S/c1-15(21-22(2,19)20,14(18)16-10-6-7-11-16)13(17)12-8-4-3-5-9-12/h3-5,8-9H,6-7,10-11H2,1-2H3. The zero-order valence-corrected chi connectivity index (χ0v) is 13.4. The minimum atomic E-state index is -3.98. The number of likely N-dealkylation sites (tertiary alicyclic amines) is 1. The number of hydrogen-bond acceptors (Lipinski definition) is 5. The van der Waals surface area contributed by atoms with Crippen molar-refractivity contribution in [1.82, 2.24) is 4.90 Å². The minimum absolute atomic E-state index is 0.237. The Morgan fingerprint density at radius 3 is 2.18 bits per heavy atom. The molecular weight excluding hydrogens is 306 g/mol. The lowest BCUT2D eigenvalue weighted by Gasteiger charge is -2.30. The number of carbonyl (C=O) groups is 2. The molecule has 0 bridgehead atoms. The van der Waals surface area contributed by atoms with Gasteiger partial charge in [-0.05, 0) is 19.8 Å². The lowest BCUT2D eigenvalue weighted by molar-refractivity contribution is -0.141. The Kier molecular flexibility index (Phi) is 4.67. The summed E-state index contributed by atoms with van der Waals surface area (Å²) < 4.78 is 28.1. The predicted octanol–water partition coefficient (Wildman–Crippen LogP) is 1.23. The van der Waals surface area contributed by atoms with Crippen LogP contribution in [0, 0.1) is 0 Å². The summed E-state index contributed by atoms with van der Waals surface area (Å²) in [6.07, 6.45) is 2.50. The van der Waals surface area contributed by atoms with Gasteiger partial charge in [0.15, 0.2) is 0 Å². The molecule has 1 aromatic rings. The van der Waals surface area contributed by atoms with Gasteiger partial charge in [0, 0.05) is 18.7 Å². The Morgan fingerprint density at radius 2 is 1.68 bits per heavy atom. The van der Waals surface area contributed by atoms with Crippen molar-refractivity contribution in [2.75, 3.05) is 19.3 Å². The molecular formula is C15H19NO5S. The van der Waals surface area contributed by atoms with Crippen LogP contribution < -0.4 is 0 Å². The van der Waals surface area contributed by atoms with Crippen LogP contribution in [-0.4, -0.2) is 50.0 Å². The second-order valence-corrected chi connectivity index (χ2v) is 7.09. The van der Waals surface area contributed by atoms with Gasteiger partial charge in [-0.25, -0.2) is 4.18 Å². The summed E-state index contributed by atoms with van der Waals surface area (Å²) in [5.41, 5.74) is -1.83. The third-order valence-electron chi connectivity index (χ3n) is 3.59. The molecule has 1 aliphatic rings. The van der Waals surface area contributed by atoms with Gasteiger partial charge in [0.25, 0.3) is 16.0 Å². The van der Waals surface area contributed by atoms with Crippen LogP contribution in [0.15, 0.2) is 30.3 Å². The highest BCUT2D eigenvalue weighted by molar-refractivity contribution is 7.86. The van der Waals surface area contributed by atoms with Crippen molar-refractivity contribution in [3.8, 4) is 0 Å². The summed E-state index contributed by atoms with van der Waals surface area (Å²) >= 11 is 0. The highest BCUT2D eigenvalue weighted by Crippen LogP contribution is 2.25. The molecule has 1 heterocycles. The smallest absolute Gasteiger partial charge is 0.265 e. The zero-order chi connectivity index (χ0) is 16.4. The first-order valence-corrected chi connectivity index (χ1v) is 8.85. The van der Waals surface area contributed by atoms with Crippen molar-refractivity contribution in [1.29, 1.82) is 0 Å². The maximum absolute atomic E-state index is 12.7. The van der Waals surface area contributed by atoms with E-state index >= 15 is 0 Å². The number of benzene rings is 1. The van der Waals surface area contributed by atoms with Crippen molar-refractivity contribution < 1.29 is 22.2 Å². The summed E-state index contributed by atoms with van der Waals surface area (Å²) in [5, 5.41) is 0. The molecule has 2 rings (SSSR count). The van der Waals surface area contributed by atoms with Crippen LogP contribution in [0.3, 0.4) is 0 Å². The maximum atomic E-state index is 12.7. The molecule has 0 aromatic heterocycles. The van der Waals surface area contributed by atoms with Crippen molar-refractivity contribution >= 4 is 21.8 Å². The number of carbonyl (C=O) groups excluding carboxylic acids is 2. The lowest BCUT2D eigenvalue weighted by Crippen LogP contribution is -2.54. The van der Waals surface area contributed by atoms with Crippen LogP contribution in [0.1, 0.15) is 30.1 Å². The van der Waals surface area contributed by atoms with Crippen LogP contribution in [0.4, 0.5) is 0 Å². The molecule has 22 heavy (non-hydrogen) atoms. The molecule has 1 fully saturated rings. The van der Waals surface area contributed by atoms with Gasteiger partial charge in [-0.15, -0.1) is 0 Å². The first-order valence-electron chi connectivity index (χ1n) is 7.04. The van der Waals surface area contributed by atoms with E-state index in [2.05, 4.69) is 0 Å². The number of nitrogens with zero attached hydrogens (tertiary/aromatic N) is 1. The first kappa shape index (κ1) is 16.6. The molecule has 7 heteroatoms. The Bertz CT molecular complexity index is 664. The molecule has 0 N–H and O–H groups in total. The van der Waals surface area contributed by atoms with E-state index in [1.165, 1.54) is 24.0 Å². The molecule has 1 amide bonds. The fourth-order valence-corrected chi connectivity index (χ4v) is 3.31.